The van der Waals surface area contributed by atoms with E-state index in [1.165, 1.54) is 0 Å². The first-order valence-electron chi connectivity index (χ1n) is 3.37. The third-order valence-electron chi connectivity index (χ3n) is 1.61. The summed E-state index contributed by atoms with van der Waals surface area (Å²) in [5, 5.41) is 7.29. The van der Waals surface area contributed by atoms with Crippen molar-refractivity contribution in [2.75, 3.05) is 0 Å². The number of fused-ring (bicyclic) bond motifs is 1. The highest BCUT2D eigenvalue weighted by Crippen LogP contribution is 2.32. The second-order valence-electron chi connectivity index (χ2n) is 2.37. The SMILES string of the molecule is O=S(=O)=C1N=Nc2cccc(Br)c21. The number of azo groups is 1. The van der Waals surface area contributed by atoms with Crippen LogP contribution in [-0.2, 0) is 10.3 Å². The maximum Gasteiger partial charge on any atom is 0.242 e. The molecule has 0 N–H and O–H groups in total. The lowest BCUT2D eigenvalue weighted by Gasteiger charge is -1.95. The Balaban J connectivity index is 2.87. The fraction of sp³-hybridized carbons (Fsp3) is 0. The quantitative estimate of drug-likeness (QED) is 0.668. The number of rotatable bonds is 0. The van der Waals surface area contributed by atoms with Crippen LogP contribution in [0.2, 0.25) is 0 Å². The molecule has 0 aliphatic carbocycles. The highest BCUT2D eigenvalue weighted by molar-refractivity contribution is 9.10. The Morgan fingerprint density at radius 2 is 2.00 bits per heavy atom. The van der Waals surface area contributed by atoms with Crippen LogP contribution in [0.1, 0.15) is 5.56 Å². The van der Waals surface area contributed by atoms with Gasteiger partial charge in [-0.05, 0) is 28.1 Å². The molecule has 0 saturated carbocycles. The predicted molar refractivity (Wildman–Crippen MR) is 51.7 cm³/mol. The van der Waals surface area contributed by atoms with Gasteiger partial charge in [-0.25, -0.2) is 0 Å². The van der Waals surface area contributed by atoms with Crippen molar-refractivity contribution in [1.29, 1.82) is 0 Å². The van der Waals surface area contributed by atoms with E-state index in [2.05, 4.69) is 26.2 Å². The third kappa shape index (κ3) is 1.31. The molecule has 0 saturated heterocycles. The van der Waals surface area contributed by atoms with Gasteiger partial charge in [0.05, 0.1) is 11.3 Å². The molecule has 1 heterocycles. The van der Waals surface area contributed by atoms with Gasteiger partial charge in [0.15, 0.2) is 0 Å². The maximum absolute atomic E-state index is 10.7. The average Bonchev–Trinajstić information content (AvgIpc) is 2.49. The molecule has 1 aromatic carbocycles. The molecule has 0 aromatic heterocycles. The Kier molecular flexibility index (Phi) is 2.01. The van der Waals surface area contributed by atoms with Gasteiger partial charge in [-0.1, -0.05) is 6.07 Å². The van der Waals surface area contributed by atoms with Crippen molar-refractivity contribution >= 4 is 36.9 Å². The van der Waals surface area contributed by atoms with Crippen LogP contribution in [0.3, 0.4) is 0 Å². The zero-order valence-electron chi connectivity index (χ0n) is 6.23. The molecular weight excluding hydrogens is 256 g/mol. The first-order chi connectivity index (χ1) is 6.20. The number of benzene rings is 1. The summed E-state index contributed by atoms with van der Waals surface area (Å²) in [4.78, 5) is -0.0116. The molecule has 0 amide bonds. The minimum Gasteiger partial charge on any atom is -0.182 e. The molecule has 2 rings (SSSR count). The lowest BCUT2D eigenvalue weighted by Crippen LogP contribution is -1.94. The van der Waals surface area contributed by atoms with Crippen LogP contribution in [0, 0.1) is 0 Å². The van der Waals surface area contributed by atoms with E-state index >= 15 is 0 Å². The van der Waals surface area contributed by atoms with Crippen LogP contribution >= 0.6 is 15.9 Å². The van der Waals surface area contributed by atoms with Gasteiger partial charge in [0.1, 0.15) is 0 Å². The zero-order valence-corrected chi connectivity index (χ0v) is 8.63. The van der Waals surface area contributed by atoms with Crippen LogP contribution < -0.4 is 0 Å². The van der Waals surface area contributed by atoms with E-state index in [1.54, 1.807) is 18.2 Å². The highest BCUT2D eigenvalue weighted by Gasteiger charge is 2.19. The number of hydrogen-bond acceptors (Lipinski definition) is 3. The monoisotopic (exact) mass is 258 g/mol. The normalized spacial score (nSPS) is 13.2. The molecule has 4 nitrogen and oxygen atoms in total. The molecule has 0 fully saturated rings. The zero-order chi connectivity index (χ0) is 9.42. The summed E-state index contributed by atoms with van der Waals surface area (Å²) >= 11 is 3.24. The van der Waals surface area contributed by atoms with Crippen LogP contribution in [0.15, 0.2) is 32.9 Å². The van der Waals surface area contributed by atoms with E-state index < -0.39 is 10.3 Å². The van der Waals surface area contributed by atoms with Gasteiger partial charge >= 0.3 is 0 Å². The van der Waals surface area contributed by atoms with Gasteiger partial charge in [0.2, 0.25) is 15.3 Å². The predicted octanol–water partition coefficient (Wildman–Crippen LogP) is 1.90. The summed E-state index contributed by atoms with van der Waals surface area (Å²) in [6.45, 7) is 0. The molecule has 1 aromatic rings. The van der Waals surface area contributed by atoms with Gasteiger partial charge in [0.25, 0.3) is 0 Å². The minimum atomic E-state index is -2.34. The summed E-state index contributed by atoms with van der Waals surface area (Å²) in [5.41, 5.74) is 1.12. The lowest BCUT2D eigenvalue weighted by atomic mass is 10.2. The van der Waals surface area contributed by atoms with Gasteiger partial charge < -0.3 is 0 Å². The molecule has 0 radical (unpaired) electrons. The molecule has 13 heavy (non-hydrogen) atoms. The van der Waals surface area contributed by atoms with Crippen LogP contribution in [-0.4, -0.2) is 13.4 Å². The summed E-state index contributed by atoms with van der Waals surface area (Å²) in [5.74, 6) is 0. The van der Waals surface area contributed by atoms with Gasteiger partial charge in [-0.15, -0.1) is 10.2 Å². The van der Waals surface area contributed by atoms with Crippen molar-refractivity contribution in [3.05, 3.63) is 28.2 Å². The summed E-state index contributed by atoms with van der Waals surface area (Å²) in [6, 6.07) is 5.24. The molecular formula is C7H3BrN2O2S. The maximum atomic E-state index is 10.7. The Hall–Kier alpha value is -1.01. The number of halogens is 1. The Morgan fingerprint density at radius 3 is 2.69 bits per heavy atom. The summed E-state index contributed by atoms with van der Waals surface area (Å²) in [6.07, 6.45) is 0. The largest absolute Gasteiger partial charge is 0.242 e. The van der Waals surface area contributed by atoms with E-state index in [0.29, 0.717) is 15.7 Å². The molecule has 0 unspecified atom stereocenters. The smallest absolute Gasteiger partial charge is 0.182 e. The van der Waals surface area contributed by atoms with Crippen molar-refractivity contribution in [2.24, 2.45) is 10.2 Å². The second kappa shape index (κ2) is 3.04. The molecule has 6 heteroatoms. The Bertz CT molecular complexity index is 525. The van der Waals surface area contributed by atoms with Crippen molar-refractivity contribution in [2.45, 2.75) is 0 Å². The minimum absolute atomic E-state index is 0.0116. The average molecular weight is 259 g/mol. The third-order valence-corrected chi connectivity index (χ3v) is 2.87. The summed E-state index contributed by atoms with van der Waals surface area (Å²) < 4.78 is 22.1. The van der Waals surface area contributed by atoms with Crippen LogP contribution in [0.25, 0.3) is 0 Å². The second-order valence-corrected chi connectivity index (χ2v) is 4.08. The Labute approximate surface area is 84.0 Å². The molecule has 1 aliphatic rings. The fourth-order valence-corrected chi connectivity index (χ4v) is 2.24. The van der Waals surface area contributed by atoms with E-state index in [-0.39, 0.29) is 4.99 Å². The molecule has 66 valence electrons. The molecule has 0 atom stereocenters. The van der Waals surface area contributed by atoms with Crippen LogP contribution in [0.5, 0.6) is 0 Å². The number of hydrogen-bond donors (Lipinski definition) is 0. The highest BCUT2D eigenvalue weighted by atomic mass is 79.9. The first-order valence-corrected chi connectivity index (χ1v) is 5.24. The van der Waals surface area contributed by atoms with Crippen molar-refractivity contribution < 1.29 is 8.42 Å². The first kappa shape index (κ1) is 8.58. The summed E-state index contributed by atoms with van der Waals surface area (Å²) in [7, 11) is -2.34. The molecule has 0 bridgehead atoms. The molecule has 0 spiro atoms. The van der Waals surface area contributed by atoms with E-state index in [9.17, 15) is 8.42 Å². The van der Waals surface area contributed by atoms with Crippen molar-refractivity contribution in [1.82, 2.24) is 0 Å². The standard InChI is InChI=1S/C7H3BrN2O2S/c8-4-2-1-3-5-6(4)7(10-9-5)13(11)12/h1-3H. The van der Waals surface area contributed by atoms with Crippen LogP contribution in [0.4, 0.5) is 5.69 Å². The van der Waals surface area contributed by atoms with Gasteiger partial charge in [-0.2, -0.15) is 8.42 Å². The van der Waals surface area contributed by atoms with Crippen molar-refractivity contribution in [3.8, 4) is 0 Å². The van der Waals surface area contributed by atoms with E-state index in [1.807, 2.05) is 0 Å². The van der Waals surface area contributed by atoms with E-state index in [0.717, 1.165) is 0 Å². The van der Waals surface area contributed by atoms with E-state index in [4.69, 9.17) is 0 Å². The van der Waals surface area contributed by atoms with Gasteiger partial charge in [-0.3, -0.25) is 0 Å². The fourth-order valence-electron chi connectivity index (χ4n) is 1.07. The van der Waals surface area contributed by atoms with Gasteiger partial charge in [0, 0.05) is 4.47 Å². The topological polar surface area (TPSA) is 58.9 Å². The van der Waals surface area contributed by atoms with Crippen molar-refractivity contribution in [3.63, 3.8) is 0 Å². The number of nitrogens with zero attached hydrogens (tertiary/aromatic N) is 2. The Morgan fingerprint density at radius 1 is 1.23 bits per heavy atom. The lowest BCUT2D eigenvalue weighted by molar-refractivity contribution is 0.627. The molecule has 1 aliphatic heterocycles.